The van der Waals surface area contributed by atoms with Gasteiger partial charge in [0.1, 0.15) is 5.15 Å². The van der Waals surface area contributed by atoms with Crippen molar-refractivity contribution in [3.8, 4) is 0 Å². The smallest absolute Gasteiger partial charge is 0.293 e. The molecule has 0 unspecified atom stereocenters. The number of carbonyl (C=O) groups is 1. The zero-order chi connectivity index (χ0) is 11.5. The summed E-state index contributed by atoms with van der Waals surface area (Å²) in [7, 11) is 0. The molecule has 0 bridgehead atoms. The predicted molar refractivity (Wildman–Crippen MR) is 58.4 cm³/mol. The van der Waals surface area contributed by atoms with Crippen molar-refractivity contribution in [2.24, 2.45) is 0 Å². The van der Waals surface area contributed by atoms with Gasteiger partial charge in [-0.2, -0.15) is 0 Å². The second-order valence-electron chi connectivity index (χ2n) is 3.09. The molecule has 1 N–H and O–H groups in total. The normalized spacial score (nSPS) is 10.1. The van der Waals surface area contributed by atoms with Crippen molar-refractivity contribution < 1.29 is 9.21 Å². The molecule has 0 radical (unpaired) electrons. The number of pyridine rings is 1. The molecule has 0 saturated heterocycles. The van der Waals surface area contributed by atoms with Crippen LogP contribution in [0, 0.1) is 6.92 Å². The van der Waals surface area contributed by atoms with Crippen LogP contribution in [0.25, 0.3) is 0 Å². The van der Waals surface area contributed by atoms with Crippen LogP contribution in [-0.4, -0.2) is 15.9 Å². The van der Waals surface area contributed by atoms with E-state index in [2.05, 4.69) is 15.3 Å². The Morgan fingerprint density at radius 1 is 1.44 bits per heavy atom. The highest BCUT2D eigenvalue weighted by molar-refractivity contribution is 6.29. The summed E-state index contributed by atoms with van der Waals surface area (Å²) >= 11 is 5.62. The highest BCUT2D eigenvalue weighted by atomic mass is 35.5. The average Bonchev–Trinajstić information content (AvgIpc) is 2.68. The maximum atomic E-state index is 11.7. The van der Waals surface area contributed by atoms with Crippen molar-refractivity contribution >= 4 is 23.2 Å². The lowest BCUT2D eigenvalue weighted by molar-refractivity contribution is 0.0996. The van der Waals surface area contributed by atoms with Gasteiger partial charge in [0.05, 0.1) is 17.6 Å². The van der Waals surface area contributed by atoms with Crippen molar-refractivity contribution in [3.05, 3.63) is 41.3 Å². The lowest BCUT2D eigenvalue weighted by Gasteiger charge is -2.02. The van der Waals surface area contributed by atoms with Crippen LogP contribution in [0.15, 0.2) is 29.1 Å². The molecule has 0 aromatic carbocycles. The lowest BCUT2D eigenvalue weighted by Crippen LogP contribution is -2.12. The monoisotopic (exact) mass is 237 g/mol. The SMILES string of the molecule is Cc1ncoc1C(=O)Nc1ccc(Cl)nc1. The number of rotatable bonds is 2. The van der Waals surface area contributed by atoms with Crippen LogP contribution < -0.4 is 5.32 Å². The summed E-state index contributed by atoms with van der Waals surface area (Å²) in [6, 6.07) is 3.24. The van der Waals surface area contributed by atoms with E-state index in [-0.39, 0.29) is 11.7 Å². The van der Waals surface area contributed by atoms with Gasteiger partial charge in [0.2, 0.25) is 5.76 Å². The number of halogens is 1. The van der Waals surface area contributed by atoms with Crippen LogP contribution >= 0.6 is 11.6 Å². The number of amides is 1. The Labute approximate surface area is 96.5 Å². The summed E-state index contributed by atoms with van der Waals surface area (Å²) < 4.78 is 4.95. The number of nitrogens with one attached hydrogen (secondary N) is 1. The van der Waals surface area contributed by atoms with Gasteiger partial charge in [-0.1, -0.05) is 11.6 Å². The summed E-state index contributed by atoms with van der Waals surface area (Å²) in [6.45, 7) is 1.69. The van der Waals surface area contributed by atoms with E-state index in [0.717, 1.165) is 0 Å². The first-order chi connectivity index (χ1) is 7.66. The topological polar surface area (TPSA) is 68.0 Å². The van der Waals surface area contributed by atoms with Crippen molar-refractivity contribution in [2.45, 2.75) is 6.92 Å². The zero-order valence-corrected chi connectivity index (χ0v) is 9.15. The Kier molecular flexibility index (Phi) is 2.87. The second-order valence-corrected chi connectivity index (χ2v) is 3.48. The van der Waals surface area contributed by atoms with E-state index in [1.54, 1.807) is 19.1 Å². The number of aromatic nitrogens is 2. The largest absolute Gasteiger partial charge is 0.438 e. The molecule has 5 nitrogen and oxygen atoms in total. The van der Waals surface area contributed by atoms with Crippen LogP contribution in [0.1, 0.15) is 16.2 Å². The highest BCUT2D eigenvalue weighted by Crippen LogP contribution is 2.12. The van der Waals surface area contributed by atoms with E-state index in [1.165, 1.54) is 12.6 Å². The Balaban J connectivity index is 2.14. The molecule has 6 heteroatoms. The molecule has 2 heterocycles. The molecule has 0 aliphatic heterocycles. The summed E-state index contributed by atoms with van der Waals surface area (Å²) in [5.41, 5.74) is 1.09. The molecule has 2 aromatic heterocycles. The minimum Gasteiger partial charge on any atom is -0.438 e. The second kappa shape index (κ2) is 4.32. The van der Waals surface area contributed by atoms with Gasteiger partial charge in [0.15, 0.2) is 6.39 Å². The minimum atomic E-state index is -0.362. The minimum absolute atomic E-state index is 0.190. The summed E-state index contributed by atoms with van der Waals surface area (Å²) in [5, 5.41) is 2.99. The highest BCUT2D eigenvalue weighted by Gasteiger charge is 2.13. The molecule has 0 aliphatic carbocycles. The molecule has 2 rings (SSSR count). The van der Waals surface area contributed by atoms with E-state index in [1.807, 2.05) is 0 Å². The van der Waals surface area contributed by atoms with Gasteiger partial charge in [0.25, 0.3) is 5.91 Å². The Morgan fingerprint density at radius 2 is 2.25 bits per heavy atom. The summed E-state index contributed by atoms with van der Waals surface area (Å²) in [5.74, 6) is -0.172. The fourth-order valence-corrected chi connectivity index (χ4v) is 1.27. The van der Waals surface area contributed by atoms with Gasteiger partial charge in [-0.3, -0.25) is 4.79 Å². The number of nitrogens with zero attached hydrogens (tertiary/aromatic N) is 2. The first kappa shape index (κ1) is 10.6. The van der Waals surface area contributed by atoms with Crippen LogP contribution in [0.4, 0.5) is 5.69 Å². The van der Waals surface area contributed by atoms with Gasteiger partial charge < -0.3 is 9.73 Å². The summed E-state index contributed by atoms with van der Waals surface area (Å²) in [4.78, 5) is 19.3. The van der Waals surface area contributed by atoms with Crippen molar-refractivity contribution in [1.82, 2.24) is 9.97 Å². The van der Waals surface area contributed by atoms with Crippen LogP contribution in [0.3, 0.4) is 0 Å². The fraction of sp³-hybridized carbons (Fsp3) is 0.100. The molecule has 1 amide bonds. The van der Waals surface area contributed by atoms with E-state index in [9.17, 15) is 4.79 Å². The van der Waals surface area contributed by atoms with Crippen LogP contribution in [0.5, 0.6) is 0 Å². The maximum Gasteiger partial charge on any atom is 0.293 e. The molecule has 0 aliphatic rings. The molecular formula is C10H8ClN3O2. The standard InChI is InChI=1S/C10H8ClN3O2/c1-6-9(16-5-13-6)10(15)14-7-2-3-8(11)12-4-7/h2-5H,1H3,(H,14,15). The van der Waals surface area contributed by atoms with Gasteiger partial charge >= 0.3 is 0 Å². The number of hydrogen-bond acceptors (Lipinski definition) is 4. The van der Waals surface area contributed by atoms with E-state index in [4.69, 9.17) is 16.0 Å². The lowest BCUT2D eigenvalue weighted by atomic mass is 10.3. The van der Waals surface area contributed by atoms with Gasteiger partial charge in [-0.15, -0.1) is 0 Å². The molecule has 0 spiro atoms. The summed E-state index contributed by atoms with van der Waals surface area (Å²) in [6.07, 6.45) is 2.69. The average molecular weight is 238 g/mol. The third-order valence-electron chi connectivity index (χ3n) is 1.94. The molecular weight excluding hydrogens is 230 g/mol. The molecule has 16 heavy (non-hydrogen) atoms. The molecule has 82 valence electrons. The number of oxazole rings is 1. The van der Waals surface area contributed by atoms with E-state index >= 15 is 0 Å². The Morgan fingerprint density at radius 3 is 2.81 bits per heavy atom. The van der Waals surface area contributed by atoms with Crippen LogP contribution in [-0.2, 0) is 0 Å². The predicted octanol–water partition coefficient (Wildman–Crippen LogP) is 2.28. The maximum absolute atomic E-state index is 11.7. The van der Waals surface area contributed by atoms with E-state index in [0.29, 0.717) is 16.5 Å². The van der Waals surface area contributed by atoms with Crippen molar-refractivity contribution in [1.29, 1.82) is 0 Å². The molecule has 0 saturated carbocycles. The van der Waals surface area contributed by atoms with Crippen molar-refractivity contribution in [2.75, 3.05) is 5.32 Å². The molecule has 0 atom stereocenters. The number of hydrogen-bond donors (Lipinski definition) is 1. The Hall–Kier alpha value is -1.88. The Bertz CT molecular complexity index is 507. The fourth-order valence-electron chi connectivity index (χ4n) is 1.16. The van der Waals surface area contributed by atoms with Gasteiger partial charge in [-0.05, 0) is 19.1 Å². The first-order valence-corrected chi connectivity index (χ1v) is 4.87. The van der Waals surface area contributed by atoms with Gasteiger partial charge in [-0.25, -0.2) is 9.97 Å². The van der Waals surface area contributed by atoms with Crippen LogP contribution in [0.2, 0.25) is 5.15 Å². The van der Waals surface area contributed by atoms with E-state index < -0.39 is 0 Å². The van der Waals surface area contributed by atoms with Crippen molar-refractivity contribution in [3.63, 3.8) is 0 Å². The zero-order valence-electron chi connectivity index (χ0n) is 8.40. The third-order valence-corrected chi connectivity index (χ3v) is 2.16. The number of carbonyl (C=O) groups excluding carboxylic acids is 1. The van der Waals surface area contributed by atoms with Gasteiger partial charge in [0, 0.05) is 0 Å². The molecule has 2 aromatic rings. The quantitative estimate of drug-likeness (QED) is 0.814. The third kappa shape index (κ3) is 2.20. The molecule has 0 fully saturated rings. The number of aryl methyl sites for hydroxylation is 1. The number of anilines is 1. The first-order valence-electron chi connectivity index (χ1n) is 4.50.